The minimum atomic E-state index is -4.60. The number of alkyl halides is 3. The van der Waals surface area contributed by atoms with Crippen LogP contribution in [0.5, 0.6) is 5.75 Å². The van der Waals surface area contributed by atoms with Gasteiger partial charge in [0.25, 0.3) is 0 Å². The van der Waals surface area contributed by atoms with Crippen LogP contribution >= 0.6 is 23.4 Å². The van der Waals surface area contributed by atoms with E-state index in [-0.39, 0.29) is 65.0 Å². The number of benzene rings is 2. The number of H-pyrrole nitrogens is 1. The maximum atomic E-state index is 13.5. The van der Waals surface area contributed by atoms with Crippen molar-refractivity contribution in [3.63, 3.8) is 0 Å². The first-order valence-corrected chi connectivity index (χ1v) is 15.9. The second-order valence-electron chi connectivity index (χ2n) is 9.30. The van der Waals surface area contributed by atoms with Gasteiger partial charge in [-0.3, -0.25) is 0 Å². The Hall–Kier alpha value is -1.89. The third kappa shape index (κ3) is 7.15. The van der Waals surface area contributed by atoms with E-state index in [0.29, 0.717) is 11.1 Å². The number of Topliss-reactive ketones (excluding diaryl/α,β-unsaturated/α-hetero) is 1. The number of phenolic OH excluding ortho intramolecular Hbond substituents is 1. The molecule has 0 amide bonds. The van der Waals surface area contributed by atoms with E-state index >= 15 is 0 Å². The number of nitrogens with one attached hydrogen (secondary N) is 1. The molecule has 37 heavy (non-hydrogen) atoms. The van der Waals surface area contributed by atoms with Gasteiger partial charge < -0.3 is 0 Å². The number of halogens is 4. The van der Waals surface area contributed by atoms with E-state index in [4.69, 9.17) is 11.6 Å². The van der Waals surface area contributed by atoms with Crippen molar-refractivity contribution in [3.05, 3.63) is 57.3 Å². The molecule has 1 aliphatic carbocycles. The first-order valence-electron chi connectivity index (χ1n) is 12.1. The molecule has 2 N–H and O–H groups in total. The third-order valence-corrected chi connectivity index (χ3v) is 11.1. The molecule has 1 saturated carbocycles. The molecule has 0 bridgehead atoms. The number of aromatic hydroxyl groups is 1. The molecular formula is C27H27AsClF3NO3S. The molecule has 0 spiro atoms. The third-order valence-electron chi connectivity index (χ3n) is 6.45. The monoisotopic (exact) mass is 612 g/mol. The fourth-order valence-electron chi connectivity index (χ4n) is 4.27. The van der Waals surface area contributed by atoms with Gasteiger partial charge in [-0.1, -0.05) is 0 Å². The Morgan fingerprint density at radius 2 is 2.00 bits per heavy atom. The molecule has 1 aromatic heterocycles. The molecule has 0 saturated heterocycles. The number of fused-ring (bicyclic) bond motifs is 1. The number of phenols is 1. The van der Waals surface area contributed by atoms with E-state index in [0.717, 1.165) is 41.4 Å². The number of hydrogen-bond donors (Lipinski definition) is 2. The van der Waals surface area contributed by atoms with Gasteiger partial charge in [0.1, 0.15) is 0 Å². The van der Waals surface area contributed by atoms with E-state index in [2.05, 4.69) is 11.9 Å². The summed E-state index contributed by atoms with van der Waals surface area (Å²) in [5.74, 6) is 0.645. The number of ketones is 1. The van der Waals surface area contributed by atoms with Crippen LogP contribution < -0.4 is 5.56 Å². The van der Waals surface area contributed by atoms with Crippen LogP contribution in [0.15, 0.2) is 46.1 Å². The van der Waals surface area contributed by atoms with E-state index < -0.39 is 17.3 Å². The average Bonchev–Trinajstić information content (AvgIpc) is 3.66. The van der Waals surface area contributed by atoms with Gasteiger partial charge >= 0.3 is 230 Å². The number of thioether (sulfide) groups is 1. The molecule has 4 rings (SSSR count). The van der Waals surface area contributed by atoms with Crippen LogP contribution in [0.4, 0.5) is 13.2 Å². The molecule has 2 aromatic carbocycles. The standard InChI is InChI=1S/C27H27AsClF3NO3S/c1-2-17(11-15-3-4-15)28-10-9-19(34)14-37-25-24(21-13-18(29)6-8-23(21)35)20-12-16(27(30,31)32)5-7-22(20)33-26(25)36/h5-8,12-13,15,17,35H,2-4,9-11,14H2,1H3,(H,33,36). The van der Waals surface area contributed by atoms with Crippen molar-refractivity contribution in [2.75, 3.05) is 5.75 Å². The number of rotatable bonds is 11. The molecular weight excluding hydrogens is 586 g/mol. The van der Waals surface area contributed by atoms with E-state index in [1.54, 1.807) is 0 Å². The summed E-state index contributed by atoms with van der Waals surface area (Å²) >= 11 is 7.20. The van der Waals surface area contributed by atoms with Crippen LogP contribution in [0.1, 0.15) is 44.6 Å². The predicted molar refractivity (Wildman–Crippen MR) is 144 cm³/mol. The molecule has 1 heterocycles. The molecule has 10 heteroatoms. The summed E-state index contributed by atoms with van der Waals surface area (Å²) in [5, 5.41) is 11.8. The first kappa shape index (κ1) is 28.1. The van der Waals surface area contributed by atoms with Crippen molar-refractivity contribution in [1.82, 2.24) is 4.98 Å². The van der Waals surface area contributed by atoms with Crippen molar-refractivity contribution in [3.8, 4) is 16.9 Å². The zero-order valence-electron chi connectivity index (χ0n) is 20.2. The van der Waals surface area contributed by atoms with Crippen molar-refractivity contribution in [1.29, 1.82) is 0 Å². The van der Waals surface area contributed by atoms with Crippen LogP contribution in [0.25, 0.3) is 22.0 Å². The molecule has 1 aliphatic rings. The van der Waals surface area contributed by atoms with E-state index in [9.17, 15) is 27.9 Å². The fourth-order valence-corrected chi connectivity index (χ4v) is 8.48. The van der Waals surface area contributed by atoms with Crippen LogP contribution in [0.2, 0.25) is 14.9 Å². The average molecular weight is 613 g/mol. The van der Waals surface area contributed by atoms with E-state index in [1.807, 2.05) is 0 Å². The van der Waals surface area contributed by atoms with Crippen LogP contribution in [0, 0.1) is 5.92 Å². The second-order valence-corrected chi connectivity index (χ2v) is 14.0. The van der Waals surface area contributed by atoms with Crippen LogP contribution in [-0.2, 0) is 11.0 Å². The Balaban J connectivity index is 1.63. The minimum absolute atomic E-state index is 0.00797. The van der Waals surface area contributed by atoms with Crippen LogP contribution in [0.3, 0.4) is 0 Å². The number of aromatic nitrogens is 1. The maximum absolute atomic E-state index is 13.5. The van der Waals surface area contributed by atoms with Crippen LogP contribution in [-0.4, -0.2) is 37.4 Å². The summed E-state index contributed by atoms with van der Waals surface area (Å²) in [4.78, 5) is 28.5. The summed E-state index contributed by atoms with van der Waals surface area (Å²) in [6.07, 6.45) is 0.872. The van der Waals surface area contributed by atoms with Crippen molar-refractivity contribution >= 4 is 55.8 Å². The van der Waals surface area contributed by atoms with Gasteiger partial charge in [0.15, 0.2) is 0 Å². The van der Waals surface area contributed by atoms with Crippen molar-refractivity contribution in [2.24, 2.45) is 5.92 Å². The normalized spacial score (nSPS) is 15.1. The summed E-state index contributed by atoms with van der Waals surface area (Å²) < 4.78 is 41.2. The molecule has 3 aromatic rings. The molecule has 0 aliphatic heterocycles. The Kier molecular flexibility index (Phi) is 9.03. The van der Waals surface area contributed by atoms with Crippen molar-refractivity contribution < 1.29 is 23.1 Å². The van der Waals surface area contributed by atoms with Gasteiger partial charge in [-0.25, -0.2) is 0 Å². The quantitative estimate of drug-likeness (QED) is 0.172. The van der Waals surface area contributed by atoms with Gasteiger partial charge in [0.2, 0.25) is 0 Å². The molecule has 1 atom stereocenters. The van der Waals surface area contributed by atoms with Gasteiger partial charge in [-0.05, 0) is 0 Å². The van der Waals surface area contributed by atoms with E-state index in [1.165, 1.54) is 43.5 Å². The Labute approximate surface area is 229 Å². The van der Waals surface area contributed by atoms with Gasteiger partial charge in [-0.15, -0.1) is 0 Å². The van der Waals surface area contributed by atoms with Gasteiger partial charge in [0.05, 0.1) is 0 Å². The molecule has 1 radical (unpaired) electrons. The second kappa shape index (κ2) is 11.9. The Bertz CT molecular complexity index is 1360. The summed E-state index contributed by atoms with van der Waals surface area (Å²) in [6, 6.07) is 7.22. The molecule has 1 unspecified atom stereocenters. The number of carbonyl (C=O) groups is 1. The zero-order chi connectivity index (χ0) is 26.7. The number of carbonyl (C=O) groups excluding carboxylic acids is 1. The molecule has 197 valence electrons. The summed E-state index contributed by atoms with van der Waals surface area (Å²) in [5.41, 5.74) is -0.977. The topological polar surface area (TPSA) is 70.2 Å². The number of pyridine rings is 1. The summed E-state index contributed by atoms with van der Waals surface area (Å²) in [7, 11) is 0. The Morgan fingerprint density at radius 1 is 1.24 bits per heavy atom. The molecule has 1 fully saturated rings. The molecule has 4 nitrogen and oxygen atoms in total. The fraction of sp³-hybridized carbons (Fsp3) is 0.407. The zero-order valence-corrected chi connectivity index (χ0v) is 23.6. The Morgan fingerprint density at radius 3 is 2.68 bits per heavy atom. The van der Waals surface area contributed by atoms with Gasteiger partial charge in [-0.2, -0.15) is 0 Å². The van der Waals surface area contributed by atoms with Crippen molar-refractivity contribution in [2.45, 2.75) is 60.0 Å². The SMILES string of the molecule is CCC(CC1CC1)[As]CCC(=O)CSc1c(-c2cc(Cl)ccc2O)c2cc(C(F)(F)F)ccc2[nH]c1=O. The number of aromatic amines is 1. The predicted octanol–water partition coefficient (Wildman–Crippen LogP) is 7.75. The first-order chi connectivity index (χ1) is 17.6. The number of hydrogen-bond acceptors (Lipinski definition) is 4. The summed E-state index contributed by atoms with van der Waals surface area (Å²) in [6.45, 7) is 2.20. The van der Waals surface area contributed by atoms with Gasteiger partial charge in [0, 0.05) is 0 Å².